The van der Waals surface area contributed by atoms with E-state index in [-0.39, 0.29) is 16.1 Å². The number of sulfonamides is 1. The molecule has 2 rings (SSSR count). The molecule has 0 aliphatic carbocycles. The SMILES string of the molecule is N#Cc1cc(N)ccc1NS(=O)(=O)c1cn[nH]c1. The molecule has 8 heteroatoms. The minimum Gasteiger partial charge on any atom is -0.399 e. The van der Waals surface area contributed by atoms with E-state index in [1.807, 2.05) is 6.07 Å². The number of nitrogens with one attached hydrogen (secondary N) is 2. The lowest BCUT2D eigenvalue weighted by Gasteiger charge is -2.08. The van der Waals surface area contributed by atoms with Crippen LogP contribution in [0.25, 0.3) is 0 Å². The summed E-state index contributed by atoms with van der Waals surface area (Å²) in [4.78, 5) is -0.0109. The van der Waals surface area contributed by atoms with Crippen LogP contribution in [0, 0.1) is 11.3 Å². The summed E-state index contributed by atoms with van der Waals surface area (Å²) >= 11 is 0. The highest BCUT2D eigenvalue weighted by Crippen LogP contribution is 2.21. The molecule has 0 spiro atoms. The Labute approximate surface area is 103 Å². The normalized spacial score (nSPS) is 10.8. The van der Waals surface area contributed by atoms with E-state index in [1.165, 1.54) is 30.6 Å². The first kappa shape index (κ1) is 11.9. The largest absolute Gasteiger partial charge is 0.399 e. The number of anilines is 2. The molecule has 0 atom stereocenters. The second kappa shape index (κ2) is 4.38. The van der Waals surface area contributed by atoms with Gasteiger partial charge in [0.15, 0.2) is 0 Å². The average molecular weight is 263 g/mol. The zero-order chi connectivity index (χ0) is 13.2. The molecule has 1 heterocycles. The Morgan fingerprint density at radius 3 is 2.83 bits per heavy atom. The van der Waals surface area contributed by atoms with E-state index in [4.69, 9.17) is 11.0 Å². The minimum atomic E-state index is -3.75. The van der Waals surface area contributed by atoms with Crippen LogP contribution in [-0.2, 0) is 10.0 Å². The number of aromatic nitrogens is 2. The lowest BCUT2D eigenvalue weighted by Crippen LogP contribution is -2.13. The molecule has 7 nitrogen and oxygen atoms in total. The molecule has 0 saturated carbocycles. The van der Waals surface area contributed by atoms with E-state index < -0.39 is 10.0 Å². The lowest BCUT2D eigenvalue weighted by atomic mass is 10.2. The fourth-order valence-corrected chi connectivity index (χ4v) is 2.32. The van der Waals surface area contributed by atoms with Gasteiger partial charge in [0.2, 0.25) is 0 Å². The van der Waals surface area contributed by atoms with Crippen LogP contribution < -0.4 is 10.5 Å². The first-order chi connectivity index (χ1) is 8.53. The van der Waals surface area contributed by atoms with Gasteiger partial charge in [-0.25, -0.2) is 8.42 Å². The summed E-state index contributed by atoms with van der Waals surface area (Å²) in [5.41, 5.74) is 6.23. The van der Waals surface area contributed by atoms with Gasteiger partial charge in [0, 0.05) is 11.9 Å². The fraction of sp³-hybridized carbons (Fsp3) is 0. The summed E-state index contributed by atoms with van der Waals surface area (Å²) in [6.45, 7) is 0. The Morgan fingerprint density at radius 2 is 2.22 bits per heavy atom. The molecule has 18 heavy (non-hydrogen) atoms. The Hall–Kier alpha value is -2.53. The van der Waals surface area contributed by atoms with Gasteiger partial charge in [-0.15, -0.1) is 0 Å². The van der Waals surface area contributed by atoms with Crippen molar-refractivity contribution in [2.75, 3.05) is 10.5 Å². The van der Waals surface area contributed by atoms with Crippen molar-refractivity contribution in [3.05, 3.63) is 36.2 Å². The summed E-state index contributed by atoms with van der Waals surface area (Å²) in [6, 6.07) is 6.21. The third-order valence-corrected chi connectivity index (χ3v) is 3.52. The zero-order valence-electron chi connectivity index (χ0n) is 9.08. The van der Waals surface area contributed by atoms with Gasteiger partial charge in [-0.3, -0.25) is 9.82 Å². The van der Waals surface area contributed by atoms with Crippen LogP contribution in [0.1, 0.15) is 5.56 Å². The monoisotopic (exact) mass is 263 g/mol. The molecule has 0 aliphatic rings. The van der Waals surface area contributed by atoms with Gasteiger partial charge < -0.3 is 5.73 Å². The Morgan fingerprint density at radius 1 is 1.44 bits per heavy atom. The highest BCUT2D eigenvalue weighted by Gasteiger charge is 2.17. The molecular formula is C10H9N5O2S. The lowest BCUT2D eigenvalue weighted by molar-refractivity contribution is 0.601. The van der Waals surface area contributed by atoms with Crippen LogP contribution in [0.2, 0.25) is 0 Å². The molecule has 2 aromatic rings. The highest BCUT2D eigenvalue weighted by molar-refractivity contribution is 7.92. The summed E-state index contributed by atoms with van der Waals surface area (Å²) in [6.07, 6.45) is 2.41. The predicted octanol–water partition coefficient (Wildman–Crippen LogP) is 0.664. The maximum Gasteiger partial charge on any atom is 0.265 e. The van der Waals surface area contributed by atoms with Crippen LogP contribution in [0.4, 0.5) is 11.4 Å². The maximum absolute atomic E-state index is 11.9. The van der Waals surface area contributed by atoms with E-state index in [2.05, 4.69) is 14.9 Å². The smallest absolute Gasteiger partial charge is 0.265 e. The summed E-state index contributed by atoms with van der Waals surface area (Å²) in [7, 11) is -3.75. The van der Waals surface area contributed by atoms with Crippen LogP contribution in [0.3, 0.4) is 0 Å². The molecule has 0 amide bonds. The van der Waals surface area contributed by atoms with Gasteiger partial charge >= 0.3 is 0 Å². The van der Waals surface area contributed by atoms with Gasteiger partial charge in [0.25, 0.3) is 10.0 Å². The third kappa shape index (κ3) is 2.26. The number of nitrogens with two attached hydrogens (primary N) is 1. The van der Waals surface area contributed by atoms with E-state index in [9.17, 15) is 8.42 Å². The van der Waals surface area contributed by atoms with Gasteiger partial charge in [-0.05, 0) is 18.2 Å². The summed E-state index contributed by atoms with van der Waals surface area (Å²) in [5, 5.41) is 14.9. The first-order valence-corrected chi connectivity index (χ1v) is 6.32. The Kier molecular flexibility index (Phi) is 2.91. The second-order valence-corrected chi connectivity index (χ2v) is 5.14. The zero-order valence-corrected chi connectivity index (χ0v) is 9.90. The van der Waals surface area contributed by atoms with Crippen molar-refractivity contribution >= 4 is 21.4 Å². The van der Waals surface area contributed by atoms with Crippen LogP contribution in [0.15, 0.2) is 35.5 Å². The fourth-order valence-electron chi connectivity index (χ4n) is 1.33. The van der Waals surface area contributed by atoms with Crippen molar-refractivity contribution in [2.45, 2.75) is 4.90 Å². The third-order valence-electron chi connectivity index (χ3n) is 2.19. The van der Waals surface area contributed by atoms with Gasteiger partial charge in [-0.2, -0.15) is 10.4 Å². The summed E-state index contributed by atoms with van der Waals surface area (Å²) < 4.78 is 26.1. The van der Waals surface area contributed by atoms with Gasteiger partial charge in [0.1, 0.15) is 11.0 Å². The van der Waals surface area contributed by atoms with Crippen molar-refractivity contribution in [3.8, 4) is 6.07 Å². The molecule has 0 fully saturated rings. The van der Waals surface area contributed by atoms with E-state index in [0.29, 0.717) is 5.69 Å². The van der Waals surface area contributed by atoms with Crippen molar-refractivity contribution in [3.63, 3.8) is 0 Å². The number of hydrogen-bond donors (Lipinski definition) is 3. The number of nitrogen functional groups attached to an aromatic ring is 1. The molecule has 0 bridgehead atoms. The molecule has 4 N–H and O–H groups in total. The molecule has 0 aliphatic heterocycles. The molecule has 92 valence electrons. The average Bonchev–Trinajstić information content (AvgIpc) is 2.85. The van der Waals surface area contributed by atoms with E-state index in [1.54, 1.807) is 0 Å². The number of rotatable bonds is 3. The molecule has 0 radical (unpaired) electrons. The first-order valence-electron chi connectivity index (χ1n) is 4.84. The molecule has 1 aromatic carbocycles. The quantitative estimate of drug-likeness (QED) is 0.702. The standard InChI is InChI=1S/C10H9N5O2S/c11-4-7-3-8(12)1-2-10(7)15-18(16,17)9-5-13-14-6-9/h1-3,5-6,15H,12H2,(H,13,14). The number of hydrogen-bond acceptors (Lipinski definition) is 5. The van der Waals surface area contributed by atoms with Crippen molar-refractivity contribution < 1.29 is 8.42 Å². The Bertz CT molecular complexity index is 700. The van der Waals surface area contributed by atoms with Gasteiger partial charge in [-0.1, -0.05) is 0 Å². The van der Waals surface area contributed by atoms with Crippen LogP contribution in [-0.4, -0.2) is 18.6 Å². The number of benzene rings is 1. The molecule has 1 aromatic heterocycles. The highest BCUT2D eigenvalue weighted by atomic mass is 32.2. The van der Waals surface area contributed by atoms with Crippen LogP contribution in [0.5, 0.6) is 0 Å². The number of H-pyrrole nitrogens is 1. The maximum atomic E-state index is 11.9. The minimum absolute atomic E-state index is 0.0109. The van der Waals surface area contributed by atoms with Gasteiger partial charge in [0.05, 0.1) is 17.4 Å². The number of nitriles is 1. The summed E-state index contributed by atoms with van der Waals surface area (Å²) in [5.74, 6) is 0. The van der Waals surface area contributed by atoms with Crippen LogP contribution >= 0.6 is 0 Å². The number of nitrogens with zero attached hydrogens (tertiary/aromatic N) is 2. The molecular weight excluding hydrogens is 254 g/mol. The van der Waals surface area contributed by atoms with E-state index >= 15 is 0 Å². The molecule has 0 unspecified atom stereocenters. The van der Waals surface area contributed by atoms with Crippen molar-refractivity contribution in [1.82, 2.24) is 10.2 Å². The number of aromatic amines is 1. The predicted molar refractivity (Wildman–Crippen MR) is 65.0 cm³/mol. The van der Waals surface area contributed by atoms with Crippen molar-refractivity contribution in [1.29, 1.82) is 5.26 Å². The Balaban J connectivity index is 2.39. The van der Waals surface area contributed by atoms with Crippen molar-refractivity contribution in [2.24, 2.45) is 0 Å². The molecule has 0 saturated heterocycles. The van der Waals surface area contributed by atoms with E-state index in [0.717, 1.165) is 0 Å². The topological polar surface area (TPSA) is 125 Å². The second-order valence-electron chi connectivity index (χ2n) is 3.46.